The average Bonchev–Trinajstić information content (AvgIpc) is 2.92. The van der Waals surface area contributed by atoms with Crippen LogP contribution < -0.4 is 16.0 Å². The fourth-order valence-electron chi connectivity index (χ4n) is 7.16. The first kappa shape index (κ1) is 32.9. The van der Waals surface area contributed by atoms with Crippen molar-refractivity contribution in [1.82, 2.24) is 10.2 Å². The molecular weight excluding hydrogens is 607 g/mol. The van der Waals surface area contributed by atoms with Gasteiger partial charge in [0.05, 0.1) is 17.3 Å². The summed E-state index contributed by atoms with van der Waals surface area (Å²) in [6, 6.07) is -1.33. The standard InChI is InChI=1S/C31H37FN4O10/c1-30(2,3)46-29(44)34-16-7-6-8-36(28(16)43)17-11-15(32)13-9-12-10-14-21(35(4)5)24(39)20(27(33)42)26(41)31(14,45)25(40)18(12)23(38)19(13)22(17)37/h11-12,14,16,21,37,39-40,45H,6-10H2,1-5H3,(H2,33,42)(H,34,44)/t12-,14-,16-,21-,31-/m0/s1. The first-order chi connectivity index (χ1) is 21.3. The monoisotopic (exact) mass is 644 g/mol. The van der Waals surface area contributed by atoms with Crippen LogP contribution in [0.5, 0.6) is 5.75 Å². The smallest absolute Gasteiger partial charge is 0.408 e. The van der Waals surface area contributed by atoms with Crippen LogP contribution in [-0.4, -0.2) is 98.7 Å². The van der Waals surface area contributed by atoms with Gasteiger partial charge in [-0.15, -0.1) is 0 Å². The number of nitrogens with zero attached hydrogens (tertiary/aromatic N) is 2. The number of phenols is 1. The molecule has 15 heteroatoms. The number of likely N-dealkylation sites (N-methyl/N-ethyl adjacent to an activating group) is 1. The Morgan fingerprint density at radius 1 is 1.17 bits per heavy atom. The van der Waals surface area contributed by atoms with Crippen molar-refractivity contribution in [2.75, 3.05) is 25.5 Å². The number of rotatable bonds is 4. The van der Waals surface area contributed by atoms with Crippen molar-refractivity contribution in [3.05, 3.63) is 45.7 Å². The summed E-state index contributed by atoms with van der Waals surface area (Å²) in [4.78, 5) is 67.8. The van der Waals surface area contributed by atoms with E-state index in [1.165, 1.54) is 19.0 Å². The fourth-order valence-corrected chi connectivity index (χ4v) is 7.16. The van der Waals surface area contributed by atoms with E-state index in [0.29, 0.717) is 6.42 Å². The number of phenolic OH excluding ortho intramolecular Hbond substituents is 1. The normalized spacial score (nSPS) is 28.2. The Bertz CT molecular complexity index is 1640. The van der Waals surface area contributed by atoms with E-state index in [-0.39, 0.29) is 37.1 Å². The number of aromatic hydroxyl groups is 1. The minimum Gasteiger partial charge on any atom is -0.510 e. The summed E-state index contributed by atoms with van der Waals surface area (Å²) in [6.45, 7) is 4.97. The van der Waals surface area contributed by atoms with E-state index >= 15 is 4.39 Å². The number of alkyl carbamates (subject to hydrolysis) is 1. The maximum atomic E-state index is 15.8. The number of halogens is 1. The molecular formula is C31H37FN4O10. The van der Waals surface area contributed by atoms with Crippen LogP contribution in [0.15, 0.2) is 28.7 Å². The molecule has 46 heavy (non-hydrogen) atoms. The SMILES string of the molecule is CN(C)[C@@H]1C(O)=C(C(N)=O)C(=O)[C@@]2(O)C(O)=C3C(=O)c4c(O)c(N5CCC[C@H](NC(=O)OC(C)(C)C)C5=O)cc(F)c4C[C@H]3C[C@@H]12. The van der Waals surface area contributed by atoms with E-state index in [0.717, 1.165) is 11.0 Å². The highest BCUT2D eigenvalue weighted by atomic mass is 19.1. The van der Waals surface area contributed by atoms with Gasteiger partial charge in [-0.25, -0.2) is 9.18 Å². The second-order valence-corrected chi connectivity index (χ2v) is 13.4. The Hall–Kier alpha value is -4.50. The Morgan fingerprint density at radius 3 is 2.41 bits per heavy atom. The number of primary amides is 1. The van der Waals surface area contributed by atoms with Crippen molar-refractivity contribution in [2.24, 2.45) is 17.6 Å². The number of hydrogen-bond acceptors (Lipinski definition) is 11. The van der Waals surface area contributed by atoms with Crippen LogP contribution in [-0.2, 0) is 25.5 Å². The Labute approximate surface area is 263 Å². The van der Waals surface area contributed by atoms with E-state index in [4.69, 9.17) is 10.5 Å². The zero-order valence-electron chi connectivity index (χ0n) is 26.0. The van der Waals surface area contributed by atoms with Gasteiger partial charge in [-0.3, -0.25) is 24.1 Å². The van der Waals surface area contributed by atoms with E-state index in [1.54, 1.807) is 20.8 Å². The van der Waals surface area contributed by atoms with E-state index < -0.39 is 104 Å². The third-order valence-electron chi connectivity index (χ3n) is 9.07. The van der Waals surface area contributed by atoms with Gasteiger partial charge in [0.2, 0.25) is 11.7 Å². The van der Waals surface area contributed by atoms with Gasteiger partial charge in [-0.05, 0) is 66.5 Å². The van der Waals surface area contributed by atoms with E-state index in [1.807, 2.05) is 0 Å². The predicted molar refractivity (Wildman–Crippen MR) is 158 cm³/mol. The number of nitrogens with two attached hydrogens (primary N) is 1. The number of carbonyl (C=O) groups is 5. The molecule has 1 aromatic carbocycles. The molecule has 3 amide bonds. The van der Waals surface area contributed by atoms with Crippen LogP contribution in [0.3, 0.4) is 0 Å². The molecule has 0 radical (unpaired) electrons. The van der Waals surface area contributed by atoms with Crippen LogP contribution in [0, 0.1) is 17.7 Å². The number of anilines is 1. The van der Waals surface area contributed by atoms with Crippen molar-refractivity contribution in [3.8, 4) is 5.75 Å². The number of allylic oxidation sites excluding steroid dienone is 1. The minimum absolute atomic E-state index is 0.0233. The van der Waals surface area contributed by atoms with Gasteiger partial charge in [0.1, 0.15) is 34.6 Å². The molecule has 0 spiro atoms. The molecule has 1 aromatic rings. The molecule has 5 atom stereocenters. The molecule has 1 aliphatic heterocycles. The largest absolute Gasteiger partial charge is 0.510 e. The number of fused-ring (bicyclic) bond motifs is 3. The van der Waals surface area contributed by atoms with Gasteiger partial charge in [0, 0.05) is 29.7 Å². The molecule has 14 nitrogen and oxygen atoms in total. The van der Waals surface area contributed by atoms with E-state index in [9.17, 15) is 44.4 Å². The van der Waals surface area contributed by atoms with Crippen LogP contribution >= 0.6 is 0 Å². The minimum atomic E-state index is -2.85. The van der Waals surface area contributed by atoms with Crippen molar-refractivity contribution < 1.29 is 53.5 Å². The second kappa shape index (κ2) is 11.1. The molecule has 4 aliphatic rings. The number of ketones is 2. The molecule has 7 N–H and O–H groups in total. The quantitative estimate of drug-likeness (QED) is 0.256. The topological polar surface area (TPSA) is 220 Å². The lowest BCUT2D eigenvalue weighted by Crippen LogP contribution is -2.63. The molecule has 0 bridgehead atoms. The Balaban J connectivity index is 1.57. The highest BCUT2D eigenvalue weighted by Crippen LogP contribution is 2.53. The number of nitrogens with one attached hydrogen (secondary N) is 1. The highest BCUT2D eigenvalue weighted by Gasteiger charge is 2.63. The summed E-state index contributed by atoms with van der Waals surface area (Å²) in [6.07, 6.45) is -0.703. The third kappa shape index (κ3) is 4.97. The zero-order valence-corrected chi connectivity index (χ0v) is 26.0. The fraction of sp³-hybridized carbons (Fsp3) is 0.516. The molecule has 0 saturated carbocycles. The van der Waals surface area contributed by atoms with Gasteiger partial charge < -0.3 is 41.1 Å². The number of Topliss-reactive ketones (excluding diaryl/α,β-unsaturated/α-hetero) is 2. The van der Waals surface area contributed by atoms with Gasteiger partial charge in [0.15, 0.2) is 17.1 Å². The predicted octanol–water partition coefficient (Wildman–Crippen LogP) is 1.28. The molecule has 0 unspecified atom stereocenters. The molecule has 1 saturated heterocycles. The lowest BCUT2D eigenvalue weighted by molar-refractivity contribution is -0.148. The molecule has 248 valence electrons. The summed E-state index contributed by atoms with van der Waals surface area (Å²) >= 11 is 0. The van der Waals surface area contributed by atoms with E-state index in [2.05, 4.69) is 5.32 Å². The number of hydrogen-bond donors (Lipinski definition) is 6. The van der Waals surface area contributed by atoms with Crippen molar-refractivity contribution in [3.63, 3.8) is 0 Å². The lowest BCUT2D eigenvalue weighted by atomic mass is 9.58. The maximum Gasteiger partial charge on any atom is 0.408 e. The number of aliphatic hydroxyl groups is 3. The molecule has 0 aromatic heterocycles. The first-order valence-corrected chi connectivity index (χ1v) is 14.8. The number of benzene rings is 1. The second-order valence-electron chi connectivity index (χ2n) is 13.4. The molecule has 5 rings (SSSR count). The number of amides is 3. The van der Waals surface area contributed by atoms with Gasteiger partial charge in [0.25, 0.3) is 5.91 Å². The molecule has 1 heterocycles. The van der Waals surface area contributed by atoms with Crippen LogP contribution in [0.1, 0.15) is 56.0 Å². The summed E-state index contributed by atoms with van der Waals surface area (Å²) in [7, 11) is 3.00. The van der Waals surface area contributed by atoms with Crippen LogP contribution in [0.4, 0.5) is 14.9 Å². The average molecular weight is 645 g/mol. The van der Waals surface area contributed by atoms with Crippen molar-refractivity contribution in [1.29, 1.82) is 0 Å². The Morgan fingerprint density at radius 2 is 1.83 bits per heavy atom. The Kier molecular flexibility index (Phi) is 7.92. The summed E-state index contributed by atoms with van der Waals surface area (Å²) in [5.74, 6) is -10.2. The van der Waals surface area contributed by atoms with Gasteiger partial charge >= 0.3 is 6.09 Å². The zero-order chi connectivity index (χ0) is 34.2. The number of ether oxygens (including phenoxy) is 1. The number of carbonyl (C=O) groups excluding carboxylic acids is 5. The van der Waals surface area contributed by atoms with Crippen LogP contribution in [0.2, 0.25) is 0 Å². The van der Waals surface area contributed by atoms with Crippen molar-refractivity contribution in [2.45, 2.75) is 69.7 Å². The summed E-state index contributed by atoms with van der Waals surface area (Å²) in [5, 5.41) is 47.9. The number of piperidine rings is 1. The summed E-state index contributed by atoms with van der Waals surface area (Å²) < 4.78 is 21.0. The van der Waals surface area contributed by atoms with Gasteiger partial charge in [-0.1, -0.05) is 0 Å². The lowest BCUT2D eigenvalue weighted by Gasteiger charge is -2.50. The molecule has 1 fully saturated rings. The third-order valence-corrected chi connectivity index (χ3v) is 9.07. The molecule has 3 aliphatic carbocycles. The summed E-state index contributed by atoms with van der Waals surface area (Å²) in [5.41, 5.74) is -0.843. The first-order valence-electron chi connectivity index (χ1n) is 14.8. The highest BCUT2D eigenvalue weighted by molar-refractivity contribution is 6.25. The number of aliphatic hydroxyl groups excluding tert-OH is 2. The maximum absolute atomic E-state index is 15.8. The van der Waals surface area contributed by atoms with Crippen LogP contribution in [0.25, 0.3) is 0 Å². The van der Waals surface area contributed by atoms with Crippen molar-refractivity contribution >= 4 is 35.2 Å². The van der Waals surface area contributed by atoms with Gasteiger partial charge in [-0.2, -0.15) is 0 Å².